The number of likely N-dealkylation sites (tertiary alicyclic amines) is 1. The Morgan fingerprint density at radius 3 is 2.54 bits per heavy atom. The summed E-state index contributed by atoms with van der Waals surface area (Å²) in [7, 11) is 0. The van der Waals surface area contributed by atoms with Gasteiger partial charge in [0.2, 0.25) is 0 Å². The van der Waals surface area contributed by atoms with Gasteiger partial charge in [-0.25, -0.2) is 4.98 Å². The predicted octanol–water partition coefficient (Wildman–Crippen LogP) is 1.81. The van der Waals surface area contributed by atoms with E-state index in [1.165, 1.54) is 6.07 Å². The summed E-state index contributed by atoms with van der Waals surface area (Å²) in [6.45, 7) is 2.25. The lowest BCUT2D eigenvalue weighted by molar-refractivity contribution is -0.124. The average Bonchev–Trinajstić information content (AvgIpc) is 3.05. The van der Waals surface area contributed by atoms with Crippen molar-refractivity contribution in [3.63, 3.8) is 0 Å². The Morgan fingerprint density at radius 1 is 1.12 bits per heavy atom. The normalized spacial score (nSPS) is 19.2. The molecule has 1 saturated heterocycles. The molecule has 3 N–H and O–H groups in total. The van der Waals surface area contributed by atoms with Crippen LogP contribution in [0, 0.1) is 0 Å². The first-order chi connectivity index (χ1) is 12.4. The van der Waals surface area contributed by atoms with Gasteiger partial charge in [-0.15, -0.1) is 0 Å². The number of pyridine rings is 1. The molecule has 2 heterocycles. The maximum atomic E-state index is 12.9. The molecule has 1 atom stereocenters. The van der Waals surface area contributed by atoms with Crippen LogP contribution in [0.4, 0.5) is 5.82 Å². The molecule has 134 valence electrons. The molecule has 0 spiro atoms. The van der Waals surface area contributed by atoms with Crippen molar-refractivity contribution in [3.05, 3.63) is 59.8 Å². The van der Waals surface area contributed by atoms with E-state index in [2.05, 4.69) is 10.3 Å². The van der Waals surface area contributed by atoms with Gasteiger partial charge >= 0.3 is 0 Å². The van der Waals surface area contributed by atoms with Crippen LogP contribution in [0.15, 0.2) is 48.5 Å². The lowest BCUT2D eigenvalue weighted by Gasteiger charge is -2.33. The molecule has 1 aromatic carbocycles. The highest BCUT2D eigenvalue weighted by Gasteiger charge is 2.46. The van der Waals surface area contributed by atoms with Crippen LogP contribution in [0.25, 0.3) is 0 Å². The van der Waals surface area contributed by atoms with Gasteiger partial charge in [0, 0.05) is 12.1 Å². The summed E-state index contributed by atoms with van der Waals surface area (Å²) in [6, 6.07) is 13.5. The number of rotatable bonds is 4. The van der Waals surface area contributed by atoms with Gasteiger partial charge in [0.05, 0.1) is 0 Å². The van der Waals surface area contributed by atoms with Crippen LogP contribution in [0.2, 0.25) is 0 Å². The van der Waals surface area contributed by atoms with Crippen molar-refractivity contribution < 1.29 is 14.4 Å². The van der Waals surface area contributed by atoms with Gasteiger partial charge in [-0.2, -0.15) is 0 Å². The zero-order chi connectivity index (χ0) is 18.7. The van der Waals surface area contributed by atoms with Crippen LogP contribution in [0.5, 0.6) is 0 Å². The number of aromatic nitrogens is 1. The van der Waals surface area contributed by atoms with E-state index in [1.54, 1.807) is 48.2 Å². The molecular weight excluding hydrogens is 332 g/mol. The fourth-order valence-corrected chi connectivity index (χ4v) is 3.15. The first-order valence-electron chi connectivity index (χ1n) is 8.37. The summed E-state index contributed by atoms with van der Waals surface area (Å²) in [5, 5.41) is 2.70. The number of anilines is 1. The topological polar surface area (TPSA) is 105 Å². The molecular formula is C19H20N4O3. The van der Waals surface area contributed by atoms with Crippen LogP contribution in [0.3, 0.4) is 0 Å². The SMILES string of the molecule is CC1(C(=O)Nc2cccc(C(N)=O)n2)CCCN1C(=O)c1ccccc1. The van der Waals surface area contributed by atoms with Gasteiger partial charge < -0.3 is 16.0 Å². The number of nitrogens with two attached hydrogens (primary N) is 1. The maximum absolute atomic E-state index is 12.9. The lowest BCUT2D eigenvalue weighted by Crippen LogP contribution is -2.53. The minimum atomic E-state index is -0.989. The Balaban J connectivity index is 1.82. The highest BCUT2D eigenvalue weighted by atomic mass is 16.2. The molecule has 26 heavy (non-hydrogen) atoms. The largest absolute Gasteiger partial charge is 0.364 e. The third-order valence-electron chi connectivity index (χ3n) is 4.64. The molecule has 1 aliphatic heterocycles. The molecule has 1 aromatic heterocycles. The van der Waals surface area contributed by atoms with E-state index in [9.17, 15) is 14.4 Å². The number of nitrogens with one attached hydrogen (secondary N) is 1. The van der Waals surface area contributed by atoms with Crippen molar-refractivity contribution in [3.8, 4) is 0 Å². The van der Waals surface area contributed by atoms with Crippen molar-refractivity contribution in [2.24, 2.45) is 5.73 Å². The number of amides is 3. The first kappa shape index (κ1) is 17.6. The fraction of sp³-hybridized carbons (Fsp3) is 0.263. The summed E-state index contributed by atoms with van der Waals surface area (Å²) in [6.07, 6.45) is 1.28. The summed E-state index contributed by atoms with van der Waals surface area (Å²) in [5.41, 5.74) is 4.84. The van der Waals surface area contributed by atoms with Crippen molar-refractivity contribution in [2.75, 3.05) is 11.9 Å². The quantitative estimate of drug-likeness (QED) is 0.875. The molecule has 1 aliphatic rings. The molecule has 0 saturated carbocycles. The molecule has 7 nitrogen and oxygen atoms in total. The molecule has 3 rings (SSSR count). The molecule has 1 fully saturated rings. The van der Waals surface area contributed by atoms with Gasteiger partial charge in [-0.05, 0) is 44.0 Å². The summed E-state index contributed by atoms with van der Waals surface area (Å²) in [5.74, 6) is -0.964. The van der Waals surface area contributed by atoms with E-state index in [0.717, 1.165) is 6.42 Å². The van der Waals surface area contributed by atoms with E-state index in [-0.39, 0.29) is 23.3 Å². The Labute approximate surface area is 151 Å². The second-order valence-electron chi connectivity index (χ2n) is 6.43. The van der Waals surface area contributed by atoms with Crippen molar-refractivity contribution in [1.29, 1.82) is 0 Å². The molecule has 0 radical (unpaired) electrons. The van der Waals surface area contributed by atoms with Crippen LogP contribution < -0.4 is 11.1 Å². The minimum Gasteiger partial charge on any atom is -0.364 e. The Morgan fingerprint density at radius 2 is 1.85 bits per heavy atom. The number of hydrogen-bond acceptors (Lipinski definition) is 4. The molecule has 1 unspecified atom stereocenters. The molecule has 0 bridgehead atoms. The number of nitrogens with zero attached hydrogens (tertiary/aromatic N) is 2. The second kappa shape index (κ2) is 6.95. The van der Waals surface area contributed by atoms with Gasteiger partial charge in [-0.3, -0.25) is 14.4 Å². The third kappa shape index (κ3) is 3.28. The number of carbonyl (C=O) groups is 3. The number of primary amides is 1. The Bertz CT molecular complexity index is 853. The standard InChI is InChI=1S/C19H20N4O3/c1-19(18(26)22-15-10-5-9-14(21-15)16(20)24)11-6-12-23(19)17(25)13-7-3-2-4-8-13/h2-5,7-10H,6,11-12H2,1H3,(H2,20,24)(H,21,22,26). The van der Waals surface area contributed by atoms with Crippen LogP contribution in [-0.2, 0) is 4.79 Å². The van der Waals surface area contributed by atoms with Crippen molar-refractivity contribution >= 4 is 23.5 Å². The predicted molar refractivity (Wildman–Crippen MR) is 96.5 cm³/mol. The zero-order valence-corrected chi connectivity index (χ0v) is 14.4. The highest BCUT2D eigenvalue weighted by Crippen LogP contribution is 2.31. The van der Waals surface area contributed by atoms with E-state index in [1.807, 2.05) is 6.07 Å². The second-order valence-corrected chi connectivity index (χ2v) is 6.43. The monoisotopic (exact) mass is 352 g/mol. The Kier molecular flexibility index (Phi) is 4.71. The van der Waals surface area contributed by atoms with Crippen molar-refractivity contribution in [2.45, 2.75) is 25.3 Å². The van der Waals surface area contributed by atoms with Gasteiger partial charge in [0.25, 0.3) is 17.7 Å². The number of hydrogen-bond donors (Lipinski definition) is 2. The lowest BCUT2D eigenvalue weighted by atomic mass is 9.96. The van der Waals surface area contributed by atoms with E-state index >= 15 is 0 Å². The number of benzene rings is 1. The smallest absolute Gasteiger partial charge is 0.267 e. The van der Waals surface area contributed by atoms with Crippen LogP contribution in [0.1, 0.15) is 40.6 Å². The van der Waals surface area contributed by atoms with E-state index < -0.39 is 11.4 Å². The summed E-state index contributed by atoms with van der Waals surface area (Å²) in [4.78, 5) is 42.6. The number of carbonyl (C=O) groups excluding carboxylic acids is 3. The molecule has 3 amide bonds. The Hall–Kier alpha value is -3.22. The van der Waals surface area contributed by atoms with Gasteiger partial charge in [0.15, 0.2) is 0 Å². The minimum absolute atomic E-state index is 0.0663. The third-order valence-corrected chi connectivity index (χ3v) is 4.64. The van der Waals surface area contributed by atoms with Crippen molar-refractivity contribution in [1.82, 2.24) is 9.88 Å². The summed E-state index contributed by atoms with van der Waals surface area (Å²) < 4.78 is 0. The first-order valence-corrected chi connectivity index (χ1v) is 8.37. The molecule has 7 heteroatoms. The van der Waals surface area contributed by atoms with Crippen LogP contribution in [-0.4, -0.2) is 39.7 Å². The van der Waals surface area contributed by atoms with Crippen LogP contribution >= 0.6 is 0 Å². The molecule has 0 aliphatic carbocycles. The average molecular weight is 352 g/mol. The van der Waals surface area contributed by atoms with E-state index in [0.29, 0.717) is 18.5 Å². The van der Waals surface area contributed by atoms with Gasteiger partial charge in [-0.1, -0.05) is 24.3 Å². The van der Waals surface area contributed by atoms with Gasteiger partial charge in [0.1, 0.15) is 17.1 Å². The zero-order valence-electron chi connectivity index (χ0n) is 14.4. The summed E-state index contributed by atoms with van der Waals surface area (Å²) >= 11 is 0. The van der Waals surface area contributed by atoms with E-state index in [4.69, 9.17) is 5.73 Å². The highest BCUT2D eigenvalue weighted by molar-refractivity contribution is 6.03. The maximum Gasteiger partial charge on any atom is 0.267 e. The molecule has 2 aromatic rings. The fourth-order valence-electron chi connectivity index (χ4n) is 3.15.